The summed E-state index contributed by atoms with van der Waals surface area (Å²) in [6, 6.07) is 8.01. The average Bonchev–Trinajstić information content (AvgIpc) is 2.46. The Balaban J connectivity index is 2.26. The molecule has 0 radical (unpaired) electrons. The highest BCUT2D eigenvalue weighted by Gasteiger charge is 2.17. The molecular weight excluding hydrogens is 296 g/mol. The molecule has 0 spiro atoms. The number of para-hydroxylation sites is 1. The minimum atomic E-state index is -0.238. The van der Waals surface area contributed by atoms with Crippen LogP contribution in [0.3, 0.4) is 0 Å². The Morgan fingerprint density at radius 2 is 1.95 bits per heavy atom. The topological polar surface area (TPSA) is 66.9 Å². The summed E-state index contributed by atoms with van der Waals surface area (Å²) in [7, 11) is 0. The van der Waals surface area contributed by atoms with Gasteiger partial charge in [0.2, 0.25) is 5.91 Å². The van der Waals surface area contributed by atoms with E-state index in [2.05, 4.69) is 20.6 Å². The summed E-state index contributed by atoms with van der Waals surface area (Å²) in [4.78, 5) is 21.1. The number of benzene rings is 1. The molecule has 1 amide bonds. The molecule has 0 aliphatic carbocycles. The summed E-state index contributed by atoms with van der Waals surface area (Å²) in [5.74, 6) is 0.814. The number of aromatic nitrogens is 2. The van der Waals surface area contributed by atoms with Crippen molar-refractivity contribution in [3.05, 3.63) is 24.3 Å². The third-order valence-electron chi connectivity index (χ3n) is 3.01. The lowest BCUT2D eigenvalue weighted by Crippen LogP contribution is -2.35. The van der Waals surface area contributed by atoms with Gasteiger partial charge >= 0.3 is 0 Å². The highest BCUT2D eigenvalue weighted by atomic mass is 32.2. The Morgan fingerprint density at radius 3 is 2.64 bits per heavy atom. The van der Waals surface area contributed by atoms with Crippen LogP contribution in [0, 0.1) is 0 Å². The second-order valence-corrected chi connectivity index (χ2v) is 6.63. The number of hydrogen-bond acceptors (Lipinski definition) is 5. The van der Waals surface area contributed by atoms with Gasteiger partial charge in [-0.25, -0.2) is 9.97 Å². The fourth-order valence-electron chi connectivity index (χ4n) is 2.02. The number of nitrogens with one attached hydrogen (secondary N) is 2. The van der Waals surface area contributed by atoms with Crippen LogP contribution in [0.4, 0.5) is 5.82 Å². The minimum Gasteiger partial charge on any atom is -0.370 e. The molecule has 0 bridgehead atoms. The van der Waals surface area contributed by atoms with Crippen LogP contribution < -0.4 is 10.6 Å². The summed E-state index contributed by atoms with van der Waals surface area (Å²) < 4.78 is 0. The quantitative estimate of drug-likeness (QED) is 0.633. The molecule has 1 aromatic carbocycles. The number of thioether (sulfide) groups is 1. The van der Waals surface area contributed by atoms with Gasteiger partial charge in [0.1, 0.15) is 5.82 Å². The number of amides is 1. The van der Waals surface area contributed by atoms with Gasteiger partial charge in [-0.15, -0.1) is 0 Å². The molecule has 1 heterocycles. The van der Waals surface area contributed by atoms with Gasteiger partial charge in [-0.2, -0.15) is 0 Å². The second-order valence-electron chi connectivity index (χ2n) is 5.33. The Morgan fingerprint density at radius 1 is 1.23 bits per heavy atom. The van der Waals surface area contributed by atoms with Gasteiger partial charge in [0.15, 0.2) is 5.16 Å². The van der Waals surface area contributed by atoms with Gasteiger partial charge in [-0.05, 0) is 39.8 Å². The molecule has 0 unspecified atom stereocenters. The van der Waals surface area contributed by atoms with Gasteiger partial charge in [0, 0.05) is 18.0 Å². The lowest BCUT2D eigenvalue weighted by molar-refractivity contribution is -0.120. The maximum atomic E-state index is 12.0. The molecule has 2 aromatic rings. The molecule has 1 atom stereocenters. The summed E-state index contributed by atoms with van der Waals surface area (Å²) in [5.41, 5.74) is 0.882. The number of anilines is 1. The van der Waals surface area contributed by atoms with E-state index in [1.807, 2.05) is 52.0 Å². The molecule has 0 fully saturated rings. The van der Waals surface area contributed by atoms with Gasteiger partial charge in [0.05, 0.1) is 10.8 Å². The lowest BCUT2D eigenvalue weighted by atomic mass is 10.2. The van der Waals surface area contributed by atoms with E-state index in [0.717, 1.165) is 23.3 Å². The van der Waals surface area contributed by atoms with Crippen LogP contribution in [0.1, 0.15) is 27.7 Å². The van der Waals surface area contributed by atoms with E-state index >= 15 is 0 Å². The van der Waals surface area contributed by atoms with Crippen molar-refractivity contribution in [3.63, 3.8) is 0 Å². The summed E-state index contributed by atoms with van der Waals surface area (Å²) in [5, 5.41) is 7.54. The smallest absolute Gasteiger partial charge is 0.233 e. The molecular formula is C16H22N4OS. The predicted molar refractivity (Wildman–Crippen MR) is 92.3 cm³/mol. The zero-order chi connectivity index (χ0) is 16.1. The standard InChI is InChI=1S/C16H22N4OS/c1-5-17-14-12-8-6-7-9-13(12)19-16(20-14)22-11(4)15(21)18-10(2)3/h6-11H,5H2,1-4H3,(H,18,21)(H,17,19,20)/t11-/m1/s1. The van der Waals surface area contributed by atoms with E-state index in [-0.39, 0.29) is 17.2 Å². The van der Waals surface area contributed by atoms with Crippen molar-refractivity contribution in [1.82, 2.24) is 15.3 Å². The van der Waals surface area contributed by atoms with Crippen molar-refractivity contribution in [2.75, 3.05) is 11.9 Å². The first-order valence-electron chi connectivity index (χ1n) is 7.49. The highest BCUT2D eigenvalue weighted by Crippen LogP contribution is 2.26. The lowest BCUT2D eigenvalue weighted by Gasteiger charge is -2.14. The first kappa shape index (κ1) is 16.5. The first-order valence-corrected chi connectivity index (χ1v) is 8.37. The van der Waals surface area contributed by atoms with Crippen LogP contribution in [0.5, 0.6) is 0 Å². The molecule has 0 aliphatic heterocycles. The molecule has 0 saturated heterocycles. The fourth-order valence-corrected chi connectivity index (χ4v) is 2.81. The third-order valence-corrected chi connectivity index (χ3v) is 3.97. The Hall–Kier alpha value is -1.82. The minimum absolute atomic E-state index is 0.00163. The first-order chi connectivity index (χ1) is 10.5. The summed E-state index contributed by atoms with van der Waals surface area (Å²) >= 11 is 1.37. The van der Waals surface area contributed by atoms with Crippen molar-refractivity contribution in [3.8, 4) is 0 Å². The van der Waals surface area contributed by atoms with Crippen LogP contribution in [0.2, 0.25) is 0 Å². The highest BCUT2D eigenvalue weighted by molar-refractivity contribution is 8.00. The number of carbonyl (C=O) groups excluding carboxylic acids is 1. The van der Waals surface area contributed by atoms with E-state index in [1.165, 1.54) is 11.8 Å². The Bertz CT molecular complexity index is 660. The molecule has 118 valence electrons. The van der Waals surface area contributed by atoms with E-state index < -0.39 is 0 Å². The molecule has 22 heavy (non-hydrogen) atoms. The van der Waals surface area contributed by atoms with Gasteiger partial charge in [0.25, 0.3) is 0 Å². The van der Waals surface area contributed by atoms with E-state index in [9.17, 15) is 4.79 Å². The number of nitrogens with zero attached hydrogens (tertiary/aromatic N) is 2. The monoisotopic (exact) mass is 318 g/mol. The second kappa shape index (κ2) is 7.45. The van der Waals surface area contributed by atoms with E-state index in [1.54, 1.807) is 0 Å². The van der Waals surface area contributed by atoms with Crippen LogP contribution >= 0.6 is 11.8 Å². The normalized spacial score (nSPS) is 12.4. The van der Waals surface area contributed by atoms with E-state index in [0.29, 0.717) is 5.16 Å². The van der Waals surface area contributed by atoms with Crippen molar-refractivity contribution >= 4 is 34.4 Å². The Kier molecular flexibility index (Phi) is 5.60. The molecule has 0 saturated carbocycles. The third kappa shape index (κ3) is 4.10. The molecule has 0 aliphatic rings. The average molecular weight is 318 g/mol. The van der Waals surface area contributed by atoms with Crippen LogP contribution in [0.25, 0.3) is 10.9 Å². The zero-order valence-electron chi connectivity index (χ0n) is 13.4. The SMILES string of the molecule is CCNc1nc(S[C@H](C)C(=O)NC(C)C)nc2ccccc12. The molecule has 6 heteroatoms. The predicted octanol–water partition coefficient (Wildman–Crippen LogP) is 3.07. The van der Waals surface area contributed by atoms with Gasteiger partial charge in [-0.3, -0.25) is 4.79 Å². The van der Waals surface area contributed by atoms with Crippen molar-refractivity contribution in [1.29, 1.82) is 0 Å². The maximum Gasteiger partial charge on any atom is 0.233 e. The van der Waals surface area contributed by atoms with Gasteiger partial charge in [-0.1, -0.05) is 23.9 Å². The molecule has 5 nitrogen and oxygen atoms in total. The number of hydrogen-bond donors (Lipinski definition) is 2. The van der Waals surface area contributed by atoms with Crippen molar-refractivity contribution in [2.24, 2.45) is 0 Å². The summed E-state index contributed by atoms with van der Waals surface area (Å²) in [6.45, 7) is 8.58. The van der Waals surface area contributed by atoms with Gasteiger partial charge < -0.3 is 10.6 Å². The summed E-state index contributed by atoms with van der Waals surface area (Å²) in [6.07, 6.45) is 0. The molecule has 1 aromatic heterocycles. The van der Waals surface area contributed by atoms with E-state index in [4.69, 9.17) is 0 Å². The van der Waals surface area contributed by atoms with Crippen LogP contribution in [-0.2, 0) is 4.79 Å². The number of fused-ring (bicyclic) bond motifs is 1. The largest absolute Gasteiger partial charge is 0.370 e. The Labute approximate surface area is 135 Å². The molecule has 2 N–H and O–H groups in total. The van der Waals surface area contributed by atoms with Crippen molar-refractivity contribution in [2.45, 2.75) is 44.1 Å². The van der Waals surface area contributed by atoms with Crippen LogP contribution in [0.15, 0.2) is 29.4 Å². The zero-order valence-corrected chi connectivity index (χ0v) is 14.2. The maximum absolute atomic E-state index is 12.0. The molecule has 2 rings (SSSR count). The fraction of sp³-hybridized carbons (Fsp3) is 0.438. The van der Waals surface area contributed by atoms with Crippen molar-refractivity contribution < 1.29 is 4.79 Å². The number of rotatable bonds is 6. The van der Waals surface area contributed by atoms with Crippen LogP contribution in [-0.4, -0.2) is 33.7 Å². The number of carbonyl (C=O) groups is 1.